The van der Waals surface area contributed by atoms with Crippen molar-refractivity contribution >= 4 is 35.6 Å². The van der Waals surface area contributed by atoms with Gasteiger partial charge in [0.2, 0.25) is 0 Å². The summed E-state index contributed by atoms with van der Waals surface area (Å²) >= 11 is 9.54. The molecule has 0 bridgehead atoms. The molecule has 0 aliphatic heterocycles. The van der Waals surface area contributed by atoms with E-state index in [0.717, 1.165) is 6.07 Å². The number of halogens is 1. The topological polar surface area (TPSA) is 86.3 Å². The zero-order valence-corrected chi connectivity index (χ0v) is 9.08. The molecular formula is C7H5ClN2O4S. The average molecular weight is 249 g/mol. The van der Waals surface area contributed by atoms with Crippen LogP contribution >= 0.6 is 24.2 Å². The SMILES string of the molecule is Cc1c(S)c([N+](=O)[O-])cc([N+](=O)[O-])c1Cl. The van der Waals surface area contributed by atoms with Crippen molar-refractivity contribution in [2.24, 2.45) is 0 Å². The van der Waals surface area contributed by atoms with E-state index in [9.17, 15) is 20.2 Å². The van der Waals surface area contributed by atoms with Crippen molar-refractivity contribution < 1.29 is 9.85 Å². The highest BCUT2D eigenvalue weighted by Crippen LogP contribution is 2.38. The van der Waals surface area contributed by atoms with E-state index >= 15 is 0 Å². The van der Waals surface area contributed by atoms with Crippen molar-refractivity contribution in [3.8, 4) is 0 Å². The number of nitrogens with zero attached hydrogens (tertiary/aromatic N) is 2. The van der Waals surface area contributed by atoms with Crippen LogP contribution in [0.1, 0.15) is 5.56 Å². The minimum absolute atomic E-state index is 0.0376. The van der Waals surface area contributed by atoms with Gasteiger partial charge in [-0.3, -0.25) is 20.2 Å². The first-order chi connectivity index (χ1) is 6.86. The molecule has 1 aromatic carbocycles. The van der Waals surface area contributed by atoms with E-state index in [1.54, 1.807) is 0 Å². The molecule has 1 rings (SSSR count). The van der Waals surface area contributed by atoms with Gasteiger partial charge in [-0.2, -0.15) is 0 Å². The third-order valence-electron chi connectivity index (χ3n) is 1.82. The Kier molecular flexibility index (Phi) is 3.15. The zero-order valence-electron chi connectivity index (χ0n) is 7.43. The summed E-state index contributed by atoms with van der Waals surface area (Å²) in [4.78, 5) is 19.6. The van der Waals surface area contributed by atoms with Gasteiger partial charge in [-0.05, 0) is 12.5 Å². The van der Waals surface area contributed by atoms with E-state index < -0.39 is 21.2 Å². The number of hydrogen-bond donors (Lipinski definition) is 1. The number of rotatable bonds is 2. The summed E-state index contributed by atoms with van der Waals surface area (Å²) in [5, 5.41) is 21.0. The number of thiol groups is 1. The van der Waals surface area contributed by atoms with Crippen LogP contribution in [0, 0.1) is 27.2 Å². The Balaban J connectivity index is 3.59. The largest absolute Gasteiger partial charge is 0.295 e. The highest BCUT2D eigenvalue weighted by Gasteiger charge is 2.25. The molecule has 0 aliphatic carbocycles. The van der Waals surface area contributed by atoms with Crippen molar-refractivity contribution in [2.75, 3.05) is 0 Å². The summed E-state index contributed by atoms with van der Waals surface area (Å²) < 4.78 is 0. The lowest BCUT2D eigenvalue weighted by molar-refractivity contribution is -0.396. The van der Waals surface area contributed by atoms with Gasteiger partial charge in [-0.25, -0.2) is 0 Å². The summed E-state index contributed by atoms with van der Waals surface area (Å²) in [6.07, 6.45) is 0. The van der Waals surface area contributed by atoms with Crippen LogP contribution < -0.4 is 0 Å². The van der Waals surface area contributed by atoms with E-state index in [1.165, 1.54) is 6.92 Å². The molecule has 0 amide bonds. The maximum Gasteiger partial charge on any atom is 0.295 e. The molecule has 1 aromatic rings. The molecule has 15 heavy (non-hydrogen) atoms. The molecule has 0 radical (unpaired) electrons. The number of benzene rings is 1. The van der Waals surface area contributed by atoms with Gasteiger partial charge < -0.3 is 0 Å². The molecule has 0 aliphatic rings. The first kappa shape index (κ1) is 11.7. The lowest BCUT2D eigenvalue weighted by Crippen LogP contribution is -1.97. The van der Waals surface area contributed by atoms with E-state index in [-0.39, 0.29) is 15.5 Å². The number of nitro groups is 2. The van der Waals surface area contributed by atoms with Gasteiger partial charge >= 0.3 is 0 Å². The van der Waals surface area contributed by atoms with Crippen LogP contribution in [-0.2, 0) is 0 Å². The fourth-order valence-corrected chi connectivity index (χ4v) is 1.56. The van der Waals surface area contributed by atoms with Gasteiger partial charge in [0.15, 0.2) is 0 Å². The summed E-state index contributed by atoms with van der Waals surface area (Å²) in [5.74, 6) is 0. The highest BCUT2D eigenvalue weighted by molar-refractivity contribution is 7.80. The van der Waals surface area contributed by atoms with Crippen molar-refractivity contribution in [3.63, 3.8) is 0 Å². The van der Waals surface area contributed by atoms with Crippen LogP contribution in [0.3, 0.4) is 0 Å². The summed E-state index contributed by atoms with van der Waals surface area (Å²) in [6.45, 7) is 1.44. The molecular weight excluding hydrogens is 244 g/mol. The standard InChI is InChI=1S/C7H5ClN2O4S/c1-3-6(8)4(9(11)12)2-5(7(3)15)10(13)14/h2,15H,1H3. The van der Waals surface area contributed by atoms with Crippen molar-refractivity contribution in [2.45, 2.75) is 11.8 Å². The fourth-order valence-electron chi connectivity index (χ4n) is 1.02. The van der Waals surface area contributed by atoms with Gasteiger partial charge in [0, 0.05) is 0 Å². The van der Waals surface area contributed by atoms with Crippen LogP contribution in [0.2, 0.25) is 5.02 Å². The zero-order chi connectivity index (χ0) is 11.7. The van der Waals surface area contributed by atoms with Crippen LogP contribution in [0.25, 0.3) is 0 Å². The Bertz CT molecular complexity index is 425. The maximum absolute atomic E-state index is 10.6. The normalized spacial score (nSPS) is 10.1. The third-order valence-corrected chi connectivity index (χ3v) is 2.86. The average Bonchev–Trinajstić information content (AvgIpc) is 2.13. The quantitative estimate of drug-likeness (QED) is 0.495. The second kappa shape index (κ2) is 4.03. The second-order valence-electron chi connectivity index (χ2n) is 2.72. The van der Waals surface area contributed by atoms with E-state index in [2.05, 4.69) is 12.6 Å². The molecule has 0 aromatic heterocycles. The monoisotopic (exact) mass is 248 g/mol. The Hall–Kier alpha value is -1.34. The highest BCUT2D eigenvalue weighted by atomic mass is 35.5. The smallest absolute Gasteiger partial charge is 0.258 e. The van der Waals surface area contributed by atoms with Crippen molar-refractivity contribution in [3.05, 3.63) is 36.9 Å². The molecule has 0 heterocycles. The predicted molar refractivity (Wildman–Crippen MR) is 56.7 cm³/mol. The summed E-state index contributed by atoms with van der Waals surface area (Å²) in [5.41, 5.74) is -0.688. The first-order valence-corrected chi connectivity index (χ1v) is 4.49. The Labute approximate surface area is 94.6 Å². The van der Waals surface area contributed by atoms with E-state index in [0.29, 0.717) is 0 Å². The number of nitro benzene ring substituents is 2. The lowest BCUT2D eigenvalue weighted by atomic mass is 10.2. The molecule has 0 N–H and O–H groups in total. The van der Waals surface area contributed by atoms with Gasteiger partial charge in [-0.1, -0.05) is 11.6 Å². The van der Waals surface area contributed by atoms with Crippen molar-refractivity contribution in [1.29, 1.82) is 0 Å². The van der Waals surface area contributed by atoms with E-state index in [4.69, 9.17) is 11.6 Å². The van der Waals surface area contributed by atoms with Crippen LogP contribution in [0.4, 0.5) is 11.4 Å². The van der Waals surface area contributed by atoms with Gasteiger partial charge in [0.05, 0.1) is 20.8 Å². The Morgan fingerprint density at radius 3 is 2.13 bits per heavy atom. The molecule has 0 saturated heterocycles. The molecule has 0 spiro atoms. The lowest BCUT2D eigenvalue weighted by Gasteiger charge is -2.03. The fraction of sp³-hybridized carbons (Fsp3) is 0.143. The molecule has 6 nitrogen and oxygen atoms in total. The van der Waals surface area contributed by atoms with Gasteiger partial charge in [0.25, 0.3) is 11.4 Å². The van der Waals surface area contributed by atoms with Crippen molar-refractivity contribution in [1.82, 2.24) is 0 Å². The summed E-state index contributed by atoms with van der Waals surface area (Å²) in [6, 6.07) is 0.803. The summed E-state index contributed by atoms with van der Waals surface area (Å²) in [7, 11) is 0. The van der Waals surface area contributed by atoms with Crippen LogP contribution in [-0.4, -0.2) is 9.85 Å². The second-order valence-corrected chi connectivity index (χ2v) is 3.54. The Morgan fingerprint density at radius 1 is 1.27 bits per heavy atom. The third kappa shape index (κ3) is 2.02. The maximum atomic E-state index is 10.6. The van der Waals surface area contributed by atoms with Crippen LogP contribution in [0.5, 0.6) is 0 Å². The molecule has 0 atom stereocenters. The predicted octanol–water partition coefficient (Wildman–Crippen LogP) is 2.75. The molecule has 0 saturated carbocycles. The molecule has 0 unspecified atom stereocenters. The molecule has 80 valence electrons. The molecule has 8 heteroatoms. The van der Waals surface area contributed by atoms with E-state index in [1.807, 2.05) is 0 Å². The number of hydrogen-bond acceptors (Lipinski definition) is 5. The minimum Gasteiger partial charge on any atom is -0.258 e. The first-order valence-electron chi connectivity index (χ1n) is 3.67. The van der Waals surface area contributed by atoms with Gasteiger partial charge in [0.1, 0.15) is 5.02 Å². The van der Waals surface area contributed by atoms with Crippen LogP contribution in [0.15, 0.2) is 11.0 Å². The van der Waals surface area contributed by atoms with Gasteiger partial charge in [-0.15, -0.1) is 12.6 Å². The minimum atomic E-state index is -0.768. The molecule has 0 fully saturated rings. The Morgan fingerprint density at radius 2 is 1.73 bits per heavy atom.